The molecular weight excluding hydrogens is 398 g/mol. The van der Waals surface area contributed by atoms with Gasteiger partial charge in [-0.1, -0.05) is 23.2 Å². The molecule has 4 rings (SSSR count). The van der Waals surface area contributed by atoms with Gasteiger partial charge in [0.05, 0.1) is 30.3 Å². The summed E-state index contributed by atoms with van der Waals surface area (Å²) >= 11 is 17.0. The topological polar surface area (TPSA) is 63.2 Å². The molecule has 1 aromatic carbocycles. The van der Waals surface area contributed by atoms with Crippen LogP contribution in [0.25, 0.3) is 0 Å². The smallest absolute Gasteiger partial charge is 0.347 e. The van der Waals surface area contributed by atoms with Crippen molar-refractivity contribution in [2.24, 2.45) is 5.41 Å². The molecule has 10 heteroatoms. The number of ether oxygens (including phenoxy) is 2. The zero-order valence-electron chi connectivity index (χ0n) is 12.7. The molecule has 0 N–H and O–H groups in total. The Hall–Kier alpha value is -0.400. The van der Waals surface area contributed by atoms with Crippen LogP contribution in [0.1, 0.15) is 6.92 Å². The number of carbonyl (C=O) groups is 1. The van der Waals surface area contributed by atoms with Gasteiger partial charge in [-0.25, -0.2) is 4.79 Å². The Balaban J connectivity index is 1.54. The quantitative estimate of drug-likeness (QED) is 0.540. The number of benzene rings is 1. The van der Waals surface area contributed by atoms with Gasteiger partial charge in [0.25, 0.3) is 0 Å². The average molecular weight is 413 g/mol. The molecule has 0 saturated carbocycles. The number of hydrogen-bond acceptors (Lipinski definition) is 7. The number of fused-ring (bicyclic) bond motifs is 3. The molecule has 132 valence electrons. The summed E-state index contributed by atoms with van der Waals surface area (Å²) in [6.07, 6.45) is -0.833. The van der Waals surface area contributed by atoms with Gasteiger partial charge in [-0.15, -0.1) is 0 Å². The van der Waals surface area contributed by atoms with Crippen LogP contribution in [-0.4, -0.2) is 38.5 Å². The van der Waals surface area contributed by atoms with Crippen LogP contribution in [0.3, 0.4) is 0 Å². The third-order valence-electron chi connectivity index (χ3n) is 3.64. The van der Waals surface area contributed by atoms with Crippen molar-refractivity contribution >= 4 is 47.7 Å². The zero-order chi connectivity index (χ0) is 17.4. The van der Waals surface area contributed by atoms with Crippen LogP contribution >= 0.6 is 29.9 Å². The molecule has 1 atom stereocenters. The number of hydrogen-bond donors (Lipinski definition) is 0. The molecule has 1 unspecified atom stereocenters. The minimum absolute atomic E-state index is 0.100. The van der Waals surface area contributed by atoms with E-state index in [0.29, 0.717) is 35.6 Å². The Morgan fingerprint density at radius 2 is 1.96 bits per heavy atom. The highest BCUT2D eigenvalue weighted by molar-refractivity contribution is 8.07. The van der Waals surface area contributed by atoms with Crippen molar-refractivity contribution in [3.8, 4) is 5.75 Å². The number of rotatable bonds is 5. The van der Waals surface area contributed by atoms with Crippen LogP contribution in [0.5, 0.6) is 5.75 Å². The van der Waals surface area contributed by atoms with Crippen LogP contribution in [-0.2, 0) is 34.9 Å². The first kappa shape index (κ1) is 18.4. The summed E-state index contributed by atoms with van der Waals surface area (Å²) in [6.45, 7) is 0.200. The summed E-state index contributed by atoms with van der Waals surface area (Å²) in [4.78, 5) is 12.1. The monoisotopic (exact) mass is 412 g/mol. The zero-order valence-corrected chi connectivity index (χ0v) is 15.9. The van der Waals surface area contributed by atoms with Crippen molar-refractivity contribution in [3.63, 3.8) is 0 Å². The molecule has 0 radical (unpaired) electrons. The molecule has 0 spiro atoms. The van der Waals surface area contributed by atoms with E-state index in [-0.39, 0.29) is 6.61 Å². The summed E-state index contributed by atoms with van der Waals surface area (Å²) in [5, 5.41) is 0.804. The van der Waals surface area contributed by atoms with E-state index in [0.717, 1.165) is 0 Å². The highest BCUT2D eigenvalue weighted by Gasteiger charge is 2.48. The maximum Gasteiger partial charge on any atom is 0.347 e. The third-order valence-corrected chi connectivity index (χ3v) is 6.45. The minimum Gasteiger partial charge on any atom is -0.477 e. The molecule has 0 amide bonds. The predicted molar refractivity (Wildman–Crippen MR) is 92.1 cm³/mol. The van der Waals surface area contributed by atoms with Gasteiger partial charge in [0, 0.05) is 5.02 Å². The van der Waals surface area contributed by atoms with Crippen LogP contribution in [0.4, 0.5) is 0 Å². The summed E-state index contributed by atoms with van der Waals surface area (Å²) in [5.41, 5.74) is -0.520. The maximum atomic E-state index is 12.1. The van der Waals surface area contributed by atoms with E-state index in [1.807, 2.05) is 0 Å². The second-order valence-electron chi connectivity index (χ2n) is 5.71. The first-order valence-corrected chi connectivity index (χ1v) is 10.4. The Morgan fingerprint density at radius 1 is 1.33 bits per heavy atom. The Kier molecular flexibility index (Phi) is 5.42. The van der Waals surface area contributed by atoms with E-state index in [9.17, 15) is 4.79 Å². The largest absolute Gasteiger partial charge is 0.477 e. The van der Waals surface area contributed by atoms with E-state index in [4.69, 9.17) is 58.1 Å². The lowest BCUT2D eigenvalue weighted by molar-refractivity contribution is -0.164. The van der Waals surface area contributed by atoms with E-state index >= 15 is 0 Å². The molecule has 2 bridgehead atoms. The van der Waals surface area contributed by atoms with Crippen LogP contribution in [0.2, 0.25) is 10.0 Å². The van der Waals surface area contributed by atoms with Gasteiger partial charge in [-0.2, -0.15) is 0 Å². The molecule has 24 heavy (non-hydrogen) atoms. The molecule has 0 aromatic heterocycles. The minimum atomic E-state index is -2.55. The number of halogens is 2. The normalized spacial score (nSPS) is 30.0. The van der Waals surface area contributed by atoms with Gasteiger partial charge >= 0.3 is 12.7 Å². The predicted octanol–water partition coefficient (Wildman–Crippen LogP) is 3.59. The second kappa shape index (κ2) is 7.08. The van der Waals surface area contributed by atoms with Gasteiger partial charge in [0.15, 0.2) is 6.10 Å². The Labute approximate surface area is 154 Å². The fraction of sp³-hybridized carbons (Fsp3) is 0.500. The molecule has 0 aliphatic carbocycles. The van der Waals surface area contributed by atoms with Gasteiger partial charge in [-0.05, 0) is 36.9 Å². The highest BCUT2D eigenvalue weighted by Crippen LogP contribution is 2.60. The van der Waals surface area contributed by atoms with Gasteiger partial charge < -0.3 is 23.0 Å². The maximum absolute atomic E-state index is 12.1. The first-order valence-electron chi connectivity index (χ1n) is 7.13. The van der Waals surface area contributed by atoms with E-state index < -0.39 is 24.2 Å². The van der Waals surface area contributed by atoms with Crippen molar-refractivity contribution < 1.29 is 27.8 Å². The van der Waals surface area contributed by atoms with Crippen molar-refractivity contribution in [2.75, 3.05) is 26.4 Å². The van der Waals surface area contributed by atoms with E-state index in [1.54, 1.807) is 19.1 Å². The lowest BCUT2D eigenvalue weighted by Gasteiger charge is -2.45. The molecular formula is C14H15Cl2O6PS. The SMILES string of the molecule is CC(Oc1ccc(Cl)cc1Cl)C(=O)OCC12COP(=S)(OC1)OC2. The van der Waals surface area contributed by atoms with Gasteiger partial charge in [0.2, 0.25) is 0 Å². The average Bonchev–Trinajstić information content (AvgIpc) is 2.56. The molecule has 3 fully saturated rings. The molecule has 3 saturated heterocycles. The summed E-state index contributed by atoms with van der Waals surface area (Å²) in [7, 11) is 0. The van der Waals surface area contributed by atoms with E-state index in [2.05, 4.69) is 0 Å². The standard InChI is InChI=1S/C14H15Cl2O6PS/c1-9(22-12-3-2-10(15)4-11(12)16)13(17)18-5-14-6-19-23(24,20-7-14)21-8-14/h2-4,9H,5-8H2,1H3. The summed E-state index contributed by atoms with van der Waals surface area (Å²) in [6, 6.07) is 4.76. The fourth-order valence-electron chi connectivity index (χ4n) is 2.16. The molecule has 3 aliphatic heterocycles. The van der Waals surface area contributed by atoms with Crippen LogP contribution in [0.15, 0.2) is 18.2 Å². The van der Waals surface area contributed by atoms with Crippen LogP contribution in [0, 0.1) is 5.41 Å². The molecule has 3 heterocycles. The molecule has 3 aliphatic rings. The van der Waals surface area contributed by atoms with Crippen molar-refractivity contribution in [2.45, 2.75) is 13.0 Å². The van der Waals surface area contributed by atoms with Crippen molar-refractivity contribution in [1.82, 2.24) is 0 Å². The van der Waals surface area contributed by atoms with Gasteiger partial charge in [0.1, 0.15) is 12.4 Å². The second-order valence-corrected chi connectivity index (χ2v) is 9.56. The summed E-state index contributed by atoms with van der Waals surface area (Å²) < 4.78 is 27.1. The van der Waals surface area contributed by atoms with Crippen molar-refractivity contribution in [3.05, 3.63) is 28.2 Å². The Bertz CT molecular complexity index is 669. The Morgan fingerprint density at radius 3 is 2.54 bits per heavy atom. The van der Waals surface area contributed by atoms with Crippen molar-refractivity contribution in [1.29, 1.82) is 0 Å². The van der Waals surface area contributed by atoms with Gasteiger partial charge in [-0.3, -0.25) is 0 Å². The lowest BCUT2D eigenvalue weighted by Crippen LogP contribution is -2.48. The lowest BCUT2D eigenvalue weighted by atomic mass is 9.92. The first-order chi connectivity index (χ1) is 11.3. The fourth-order valence-corrected chi connectivity index (χ4v) is 4.61. The number of carbonyl (C=O) groups excluding carboxylic acids is 1. The highest BCUT2D eigenvalue weighted by atomic mass is 35.5. The van der Waals surface area contributed by atoms with E-state index in [1.165, 1.54) is 6.07 Å². The molecule has 6 nitrogen and oxygen atoms in total. The number of esters is 1. The summed E-state index contributed by atoms with van der Waals surface area (Å²) in [5.74, 6) is -0.166. The third kappa shape index (κ3) is 4.05. The molecule has 1 aromatic rings. The van der Waals surface area contributed by atoms with Crippen LogP contribution < -0.4 is 4.74 Å².